The van der Waals surface area contributed by atoms with Gasteiger partial charge in [0.05, 0.1) is 23.1 Å². The number of anilines is 1. The number of sulfonamides is 1. The molecular formula is C16H15FN2O2S. The van der Waals surface area contributed by atoms with Crippen molar-refractivity contribution in [2.24, 2.45) is 0 Å². The van der Waals surface area contributed by atoms with Crippen LogP contribution in [0.2, 0.25) is 0 Å². The maximum atomic E-state index is 13.0. The Labute approximate surface area is 129 Å². The first-order chi connectivity index (χ1) is 10.5. The molecule has 0 heterocycles. The van der Waals surface area contributed by atoms with Crippen molar-refractivity contribution in [3.8, 4) is 6.07 Å². The van der Waals surface area contributed by atoms with Crippen molar-refractivity contribution >= 4 is 15.7 Å². The van der Waals surface area contributed by atoms with Crippen molar-refractivity contribution in [1.29, 1.82) is 5.26 Å². The summed E-state index contributed by atoms with van der Waals surface area (Å²) in [6.07, 6.45) is 0.275. The number of halogens is 1. The molecule has 2 rings (SSSR count). The highest BCUT2D eigenvalue weighted by molar-refractivity contribution is 7.92. The van der Waals surface area contributed by atoms with Crippen molar-refractivity contribution in [2.45, 2.75) is 18.2 Å². The molecule has 2 aromatic carbocycles. The Morgan fingerprint density at radius 3 is 2.18 bits per heavy atom. The highest BCUT2D eigenvalue weighted by Crippen LogP contribution is 2.24. The first kappa shape index (κ1) is 16.0. The second kappa shape index (κ2) is 6.58. The highest BCUT2D eigenvalue weighted by atomic mass is 32.2. The molecular weight excluding hydrogens is 303 g/mol. The largest absolute Gasteiger partial charge is 0.267 e. The Morgan fingerprint density at radius 2 is 1.68 bits per heavy atom. The van der Waals surface area contributed by atoms with Crippen LogP contribution in [0.4, 0.5) is 10.1 Å². The maximum Gasteiger partial charge on any atom is 0.264 e. The molecule has 0 N–H and O–H groups in total. The maximum absolute atomic E-state index is 13.0. The molecule has 0 amide bonds. The SMILES string of the molecule is CCN(c1ccc(CC#N)cc1)S(=O)(=O)c1ccc(F)cc1. The van der Waals surface area contributed by atoms with E-state index in [-0.39, 0.29) is 17.9 Å². The lowest BCUT2D eigenvalue weighted by molar-refractivity contribution is 0.590. The van der Waals surface area contributed by atoms with Gasteiger partial charge in [-0.15, -0.1) is 0 Å². The van der Waals surface area contributed by atoms with Gasteiger partial charge in [-0.3, -0.25) is 4.31 Å². The lowest BCUT2D eigenvalue weighted by Crippen LogP contribution is -2.30. The predicted molar refractivity (Wildman–Crippen MR) is 82.4 cm³/mol. The number of benzene rings is 2. The van der Waals surface area contributed by atoms with Crippen molar-refractivity contribution < 1.29 is 12.8 Å². The highest BCUT2D eigenvalue weighted by Gasteiger charge is 2.23. The first-order valence-corrected chi connectivity index (χ1v) is 8.17. The zero-order valence-corrected chi connectivity index (χ0v) is 12.8. The van der Waals surface area contributed by atoms with Crippen LogP contribution in [0, 0.1) is 17.1 Å². The Kier molecular flexibility index (Phi) is 4.78. The van der Waals surface area contributed by atoms with Gasteiger partial charge in [0.25, 0.3) is 10.0 Å². The van der Waals surface area contributed by atoms with E-state index in [0.29, 0.717) is 5.69 Å². The average Bonchev–Trinajstić information content (AvgIpc) is 2.50. The Hall–Kier alpha value is -2.39. The summed E-state index contributed by atoms with van der Waals surface area (Å²) in [6, 6.07) is 13.6. The summed E-state index contributed by atoms with van der Waals surface area (Å²) in [5, 5.41) is 8.66. The smallest absolute Gasteiger partial charge is 0.264 e. The van der Waals surface area contributed by atoms with Crippen molar-refractivity contribution in [3.63, 3.8) is 0 Å². The summed E-state index contributed by atoms with van der Waals surface area (Å²) in [5.41, 5.74) is 1.33. The fraction of sp³-hybridized carbons (Fsp3) is 0.188. The number of hydrogen-bond acceptors (Lipinski definition) is 3. The lowest BCUT2D eigenvalue weighted by atomic mass is 10.1. The van der Waals surface area contributed by atoms with Crippen LogP contribution in [0.25, 0.3) is 0 Å². The van der Waals surface area contributed by atoms with Gasteiger partial charge >= 0.3 is 0 Å². The average molecular weight is 318 g/mol. The van der Waals surface area contributed by atoms with Gasteiger partial charge in [-0.25, -0.2) is 12.8 Å². The van der Waals surface area contributed by atoms with Gasteiger partial charge in [0.15, 0.2) is 0 Å². The molecule has 0 fully saturated rings. The number of nitrogens with zero attached hydrogens (tertiary/aromatic N) is 2. The van der Waals surface area contributed by atoms with Gasteiger partial charge in [0, 0.05) is 6.54 Å². The zero-order valence-electron chi connectivity index (χ0n) is 12.0. The van der Waals surface area contributed by atoms with Gasteiger partial charge in [0.2, 0.25) is 0 Å². The van der Waals surface area contributed by atoms with E-state index in [0.717, 1.165) is 17.7 Å². The van der Waals surface area contributed by atoms with Gasteiger partial charge < -0.3 is 0 Å². The first-order valence-electron chi connectivity index (χ1n) is 6.73. The second-order valence-electron chi connectivity index (χ2n) is 4.63. The standard InChI is InChI=1S/C16H15FN2O2S/c1-2-19(15-7-3-13(4-8-15)11-12-18)22(20,21)16-9-5-14(17)6-10-16/h3-10H,2,11H2,1H3. The van der Waals surface area contributed by atoms with E-state index in [1.54, 1.807) is 31.2 Å². The molecule has 0 unspecified atom stereocenters. The minimum absolute atomic E-state index is 0.0388. The van der Waals surface area contributed by atoms with Crippen LogP contribution in [0.1, 0.15) is 12.5 Å². The molecule has 2 aromatic rings. The monoisotopic (exact) mass is 318 g/mol. The Morgan fingerprint density at radius 1 is 1.09 bits per heavy atom. The zero-order chi connectivity index (χ0) is 16.2. The van der Waals surface area contributed by atoms with Crippen LogP contribution < -0.4 is 4.31 Å². The third kappa shape index (κ3) is 3.26. The molecule has 0 radical (unpaired) electrons. The minimum Gasteiger partial charge on any atom is -0.267 e. The van der Waals surface area contributed by atoms with Gasteiger partial charge in [-0.1, -0.05) is 12.1 Å². The minimum atomic E-state index is -3.74. The van der Waals surface area contributed by atoms with Crippen molar-refractivity contribution in [3.05, 3.63) is 59.9 Å². The fourth-order valence-electron chi connectivity index (χ4n) is 2.10. The number of nitriles is 1. The van der Waals surface area contributed by atoms with E-state index in [9.17, 15) is 12.8 Å². The molecule has 0 aliphatic heterocycles. The molecule has 22 heavy (non-hydrogen) atoms. The summed E-state index contributed by atoms with van der Waals surface area (Å²) in [7, 11) is -3.74. The topological polar surface area (TPSA) is 61.2 Å². The third-order valence-corrected chi connectivity index (χ3v) is 5.11. The van der Waals surface area contributed by atoms with E-state index in [1.807, 2.05) is 6.07 Å². The van der Waals surface area contributed by atoms with Crippen molar-refractivity contribution in [2.75, 3.05) is 10.8 Å². The molecule has 0 bridgehead atoms. The Bertz CT molecular complexity index is 778. The van der Waals surface area contributed by atoms with Crippen LogP contribution in [0.5, 0.6) is 0 Å². The summed E-state index contributed by atoms with van der Waals surface area (Å²) < 4.78 is 39.5. The lowest BCUT2D eigenvalue weighted by Gasteiger charge is -2.23. The number of hydrogen-bond donors (Lipinski definition) is 0. The molecule has 114 valence electrons. The summed E-state index contributed by atoms with van der Waals surface area (Å²) in [5.74, 6) is -0.483. The number of rotatable bonds is 5. The van der Waals surface area contributed by atoms with Gasteiger partial charge in [0.1, 0.15) is 5.82 Å². The predicted octanol–water partition coefficient (Wildman–Crippen LogP) is 3.11. The van der Waals surface area contributed by atoms with Crippen LogP contribution in [0.15, 0.2) is 53.4 Å². The molecule has 0 aliphatic carbocycles. The van der Waals surface area contributed by atoms with Crippen LogP contribution in [-0.2, 0) is 16.4 Å². The summed E-state index contributed by atoms with van der Waals surface area (Å²) in [4.78, 5) is 0.0388. The quantitative estimate of drug-likeness (QED) is 0.851. The second-order valence-corrected chi connectivity index (χ2v) is 6.49. The molecule has 0 atom stereocenters. The summed E-state index contributed by atoms with van der Waals surface area (Å²) >= 11 is 0. The van der Waals surface area contributed by atoms with Crippen LogP contribution >= 0.6 is 0 Å². The van der Waals surface area contributed by atoms with E-state index >= 15 is 0 Å². The Balaban J connectivity index is 2.38. The molecule has 4 nitrogen and oxygen atoms in total. The van der Waals surface area contributed by atoms with E-state index in [1.165, 1.54) is 16.4 Å². The molecule has 6 heteroatoms. The third-order valence-electron chi connectivity index (χ3n) is 3.20. The van der Waals surface area contributed by atoms with Crippen LogP contribution in [0.3, 0.4) is 0 Å². The van der Waals surface area contributed by atoms with Crippen molar-refractivity contribution in [1.82, 2.24) is 0 Å². The molecule has 0 aromatic heterocycles. The normalized spacial score (nSPS) is 11.0. The summed E-state index contributed by atoms with van der Waals surface area (Å²) in [6.45, 7) is 1.97. The van der Waals surface area contributed by atoms with E-state index in [2.05, 4.69) is 0 Å². The van der Waals surface area contributed by atoms with E-state index in [4.69, 9.17) is 5.26 Å². The molecule has 0 spiro atoms. The molecule has 0 aliphatic rings. The van der Waals surface area contributed by atoms with Gasteiger partial charge in [-0.05, 0) is 48.9 Å². The fourth-order valence-corrected chi connectivity index (χ4v) is 3.57. The molecule has 0 saturated heterocycles. The van der Waals surface area contributed by atoms with Gasteiger partial charge in [-0.2, -0.15) is 5.26 Å². The van der Waals surface area contributed by atoms with E-state index < -0.39 is 15.8 Å². The van der Waals surface area contributed by atoms with Crippen LogP contribution in [-0.4, -0.2) is 15.0 Å². The molecule has 0 saturated carbocycles.